The highest BCUT2D eigenvalue weighted by atomic mass is 35.5. The summed E-state index contributed by atoms with van der Waals surface area (Å²) in [5, 5.41) is 9.71. The first kappa shape index (κ1) is 20.9. The van der Waals surface area contributed by atoms with Gasteiger partial charge in [-0.15, -0.1) is 0 Å². The molecule has 0 unspecified atom stereocenters. The van der Waals surface area contributed by atoms with Crippen LogP contribution in [-0.2, 0) is 23.8 Å². The first-order valence-electron chi connectivity index (χ1n) is 10.1. The van der Waals surface area contributed by atoms with E-state index in [0.717, 1.165) is 0 Å². The molecule has 30 heavy (non-hydrogen) atoms. The highest BCUT2D eigenvalue weighted by molar-refractivity contribution is 6.45. The molecule has 160 valence electrons. The number of halogens is 1. The number of hydrogen-bond acceptors (Lipinski definition) is 6. The van der Waals surface area contributed by atoms with Crippen LogP contribution in [0.1, 0.15) is 34.6 Å². The van der Waals surface area contributed by atoms with Crippen molar-refractivity contribution in [2.75, 3.05) is 0 Å². The van der Waals surface area contributed by atoms with Gasteiger partial charge in [0.2, 0.25) is 5.78 Å². The second-order valence-electron chi connectivity index (χ2n) is 8.57. The van der Waals surface area contributed by atoms with E-state index in [4.69, 9.17) is 25.8 Å². The van der Waals surface area contributed by atoms with Crippen molar-refractivity contribution in [3.8, 4) is 0 Å². The molecule has 1 aliphatic carbocycles. The summed E-state index contributed by atoms with van der Waals surface area (Å²) in [6, 6.07) is 0. The molecule has 0 aromatic heterocycles. The maximum atomic E-state index is 13.2. The van der Waals surface area contributed by atoms with Crippen molar-refractivity contribution in [2.24, 2.45) is 17.8 Å². The molecule has 4 rings (SSSR count). The van der Waals surface area contributed by atoms with Gasteiger partial charge < -0.3 is 19.3 Å². The van der Waals surface area contributed by atoms with Crippen LogP contribution in [0.4, 0.5) is 0 Å². The van der Waals surface area contributed by atoms with E-state index in [9.17, 15) is 14.7 Å². The maximum Gasteiger partial charge on any atom is 0.338 e. The zero-order chi connectivity index (χ0) is 22.0. The molecule has 6 atom stereocenters. The Morgan fingerprint density at radius 3 is 2.63 bits per heavy atom. The number of ether oxygens (including phenoxy) is 3. The Balaban J connectivity index is 1.77. The molecule has 0 bridgehead atoms. The van der Waals surface area contributed by atoms with Gasteiger partial charge in [-0.1, -0.05) is 31.5 Å². The van der Waals surface area contributed by atoms with Crippen LogP contribution in [0.2, 0.25) is 0 Å². The van der Waals surface area contributed by atoms with Crippen molar-refractivity contribution in [2.45, 2.75) is 52.4 Å². The molecule has 0 spiro atoms. The van der Waals surface area contributed by atoms with Crippen LogP contribution in [0, 0.1) is 17.8 Å². The van der Waals surface area contributed by atoms with Gasteiger partial charge >= 0.3 is 5.97 Å². The molecule has 1 N–H and O–H groups in total. The minimum Gasteiger partial charge on any atom is -0.482 e. The molecule has 0 amide bonds. The van der Waals surface area contributed by atoms with E-state index in [2.05, 4.69) is 0 Å². The fraction of sp³-hybridized carbons (Fsp3) is 0.478. The van der Waals surface area contributed by atoms with E-state index in [-0.39, 0.29) is 28.8 Å². The third kappa shape index (κ3) is 2.96. The van der Waals surface area contributed by atoms with Gasteiger partial charge in [0.15, 0.2) is 5.60 Å². The largest absolute Gasteiger partial charge is 0.482 e. The summed E-state index contributed by atoms with van der Waals surface area (Å²) in [4.78, 5) is 26.0. The lowest BCUT2D eigenvalue weighted by molar-refractivity contribution is -0.148. The summed E-state index contributed by atoms with van der Waals surface area (Å²) in [6.07, 6.45) is 5.91. The number of cyclic esters (lactones) is 1. The van der Waals surface area contributed by atoms with Crippen LogP contribution < -0.4 is 0 Å². The normalized spacial score (nSPS) is 35.0. The van der Waals surface area contributed by atoms with Crippen molar-refractivity contribution in [1.82, 2.24) is 0 Å². The summed E-state index contributed by atoms with van der Waals surface area (Å²) in [5.74, 6) is -0.770. The van der Waals surface area contributed by atoms with Gasteiger partial charge in [-0.05, 0) is 32.9 Å². The maximum absolute atomic E-state index is 13.2. The number of aliphatic hydroxyl groups excluding tert-OH is 1. The summed E-state index contributed by atoms with van der Waals surface area (Å²) in [6.45, 7) is 8.96. The zero-order valence-corrected chi connectivity index (χ0v) is 18.3. The second-order valence-corrected chi connectivity index (χ2v) is 8.95. The van der Waals surface area contributed by atoms with Crippen molar-refractivity contribution >= 4 is 23.4 Å². The second kappa shape index (κ2) is 7.13. The van der Waals surface area contributed by atoms with E-state index in [1.54, 1.807) is 32.9 Å². The Morgan fingerprint density at radius 1 is 1.27 bits per heavy atom. The van der Waals surface area contributed by atoms with Gasteiger partial charge in [-0.25, -0.2) is 4.79 Å². The number of carbonyl (C=O) groups is 2. The van der Waals surface area contributed by atoms with Crippen molar-refractivity contribution in [3.63, 3.8) is 0 Å². The zero-order valence-electron chi connectivity index (χ0n) is 17.6. The monoisotopic (exact) mass is 432 g/mol. The molecule has 0 aromatic rings. The Kier molecular flexibility index (Phi) is 4.98. The standard InChI is InChI=1S/C23H25ClO6/c1-10(12(3)25)6-7-14-8-15-16(9-28-14)18-17-20(11(2)13(4)29-22(17)27)30-23(18,5)21(26)19(15)24/h6-13,18,25H,1-5H3/b7-6+/t10-,11-,12-,13+,18-,23+/m1/s1. The molecule has 0 radical (unpaired) electrons. The van der Waals surface area contributed by atoms with Crippen molar-refractivity contribution in [1.29, 1.82) is 0 Å². The highest BCUT2D eigenvalue weighted by Crippen LogP contribution is 2.55. The number of aliphatic hydroxyl groups is 1. The third-order valence-electron chi connectivity index (χ3n) is 6.50. The Labute approximate surface area is 180 Å². The molecule has 6 nitrogen and oxygen atoms in total. The smallest absolute Gasteiger partial charge is 0.338 e. The first-order chi connectivity index (χ1) is 14.1. The predicted molar refractivity (Wildman–Crippen MR) is 110 cm³/mol. The number of esters is 1. The van der Waals surface area contributed by atoms with Crippen LogP contribution in [0.25, 0.3) is 0 Å². The van der Waals surface area contributed by atoms with Crippen molar-refractivity contribution in [3.05, 3.63) is 57.8 Å². The SMILES string of the molecule is C[C@H](/C=C/C1=CC2=C(Cl)C(=O)[C@@]3(C)OC4=C(C(=O)O[C@@H](C)[C@H]4C)[C@H]3C2=CO1)[C@@H](C)O. The molecular formula is C23H25ClO6. The van der Waals surface area contributed by atoms with Gasteiger partial charge in [-0.3, -0.25) is 4.79 Å². The van der Waals surface area contributed by atoms with E-state index < -0.39 is 23.6 Å². The van der Waals surface area contributed by atoms with Gasteiger partial charge in [0.25, 0.3) is 0 Å². The third-order valence-corrected chi connectivity index (χ3v) is 6.87. The Morgan fingerprint density at radius 2 is 1.97 bits per heavy atom. The van der Waals surface area contributed by atoms with E-state index in [1.807, 2.05) is 19.9 Å². The number of allylic oxidation sites excluding steroid dienone is 3. The summed E-state index contributed by atoms with van der Waals surface area (Å²) in [7, 11) is 0. The van der Waals surface area contributed by atoms with Crippen LogP contribution in [0.15, 0.2) is 57.8 Å². The minimum atomic E-state index is -1.32. The van der Waals surface area contributed by atoms with Crippen molar-refractivity contribution < 1.29 is 28.9 Å². The average Bonchev–Trinajstić information content (AvgIpc) is 3.03. The highest BCUT2D eigenvalue weighted by Gasteiger charge is 2.61. The van der Waals surface area contributed by atoms with Gasteiger partial charge in [-0.2, -0.15) is 0 Å². The summed E-state index contributed by atoms with van der Waals surface area (Å²) < 4.78 is 17.4. The lowest BCUT2D eigenvalue weighted by Gasteiger charge is -2.37. The van der Waals surface area contributed by atoms with Crippen LogP contribution in [-0.4, -0.2) is 34.7 Å². The Hall–Kier alpha value is -2.31. The lowest BCUT2D eigenvalue weighted by Crippen LogP contribution is -2.47. The molecule has 4 aliphatic rings. The number of fused-ring (bicyclic) bond motifs is 4. The summed E-state index contributed by atoms with van der Waals surface area (Å²) >= 11 is 6.48. The topological polar surface area (TPSA) is 82.1 Å². The van der Waals surface area contributed by atoms with E-state index >= 15 is 0 Å². The first-order valence-corrected chi connectivity index (χ1v) is 10.5. The number of ketones is 1. The summed E-state index contributed by atoms with van der Waals surface area (Å²) in [5.41, 5.74) is 0.172. The fourth-order valence-electron chi connectivity index (χ4n) is 4.20. The van der Waals surface area contributed by atoms with Gasteiger partial charge in [0.05, 0.1) is 34.8 Å². The molecule has 0 fully saturated rings. The molecule has 0 saturated carbocycles. The molecule has 0 aromatic carbocycles. The van der Waals surface area contributed by atoms with Crippen LogP contribution in [0.3, 0.4) is 0 Å². The van der Waals surface area contributed by atoms with Gasteiger partial charge in [0.1, 0.15) is 17.6 Å². The molecule has 0 saturated heterocycles. The molecule has 3 aliphatic heterocycles. The van der Waals surface area contributed by atoms with E-state index in [0.29, 0.717) is 28.2 Å². The lowest BCUT2D eigenvalue weighted by atomic mass is 9.69. The van der Waals surface area contributed by atoms with E-state index in [1.165, 1.54) is 6.26 Å². The average molecular weight is 433 g/mol. The Bertz CT molecular complexity index is 982. The fourth-order valence-corrected chi connectivity index (χ4v) is 4.55. The number of rotatable bonds is 3. The quantitative estimate of drug-likeness (QED) is 0.685. The predicted octanol–water partition coefficient (Wildman–Crippen LogP) is 3.67. The van der Waals surface area contributed by atoms with Crippen LogP contribution >= 0.6 is 11.6 Å². The minimum absolute atomic E-state index is 0.0479. The number of carbonyl (C=O) groups excluding carboxylic acids is 2. The van der Waals surface area contributed by atoms with Gasteiger partial charge in [0, 0.05) is 17.1 Å². The number of Topliss-reactive ketones (excluding diaryl/α,β-unsaturated/α-hetero) is 1. The molecule has 7 heteroatoms. The van der Waals surface area contributed by atoms with Crippen LogP contribution in [0.5, 0.6) is 0 Å². The molecular weight excluding hydrogens is 408 g/mol. The molecule has 3 heterocycles. The number of hydrogen-bond donors (Lipinski definition) is 1.